The summed E-state index contributed by atoms with van der Waals surface area (Å²) >= 11 is 0. The first kappa shape index (κ1) is 50.4. The van der Waals surface area contributed by atoms with Gasteiger partial charge in [0.05, 0.1) is 0 Å². The normalized spacial score (nSPS) is 55.4. The predicted octanol–water partition coefficient (Wildman–Crippen LogP) is 4.36. The zero-order valence-electron chi connectivity index (χ0n) is 45.3. The highest BCUT2D eigenvalue weighted by atomic mass is 28.6. The Hall–Kier alpha value is -3.46. The van der Waals surface area contributed by atoms with Crippen LogP contribution in [0.1, 0.15) is 103 Å². The van der Waals surface area contributed by atoms with Gasteiger partial charge in [0.2, 0.25) is 0 Å². The van der Waals surface area contributed by atoms with Gasteiger partial charge in [-0.1, -0.05) is 48.6 Å². The molecule has 84 heavy (non-hydrogen) atoms. The molecule has 432 valence electrons. The van der Waals surface area contributed by atoms with Gasteiger partial charge >= 0.3 is 70.4 Å². The number of hydrogen-bond acceptors (Lipinski definition) is 20. The largest absolute Gasteiger partial charge is 0.511 e. The van der Waals surface area contributed by atoms with Crippen molar-refractivity contribution in [3.05, 3.63) is 90.2 Å². The van der Waals surface area contributed by atoms with Crippen LogP contribution in [0, 0.1) is 94.7 Å². The number of carbonyl (C=O) groups is 8. The zero-order chi connectivity index (χ0) is 55.9. The Bertz CT molecular complexity index is 3740. The molecule has 16 heterocycles. The maximum atomic E-state index is 16.2. The lowest BCUT2D eigenvalue weighted by atomic mass is 9.68. The van der Waals surface area contributed by atoms with Gasteiger partial charge in [-0.15, -0.1) is 0 Å². The highest BCUT2D eigenvalue weighted by molar-refractivity contribution is 7.10. The van der Waals surface area contributed by atoms with E-state index in [-0.39, 0.29) is 149 Å². The maximum Gasteiger partial charge on any atom is 0.511 e. The summed E-state index contributed by atoms with van der Waals surface area (Å²) in [6, 6.07) is 0. The van der Waals surface area contributed by atoms with Crippen LogP contribution in [0.15, 0.2) is 90.2 Å². The van der Waals surface area contributed by atoms with Gasteiger partial charge in [0, 0.05) is 94.7 Å². The molecule has 32 bridgehead atoms. The summed E-state index contributed by atoms with van der Waals surface area (Å²) in [4.78, 5) is 129. The second-order valence-corrected chi connectivity index (χ2v) is 52.2. The van der Waals surface area contributed by atoms with Crippen LogP contribution in [0.25, 0.3) is 0 Å². The maximum absolute atomic E-state index is 16.2. The van der Waals surface area contributed by atoms with E-state index in [9.17, 15) is 0 Å². The van der Waals surface area contributed by atoms with E-state index in [0.717, 1.165) is 0 Å². The van der Waals surface area contributed by atoms with Crippen molar-refractivity contribution in [3.8, 4) is 0 Å². The van der Waals surface area contributed by atoms with Crippen LogP contribution >= 0.6 is 0 Å². The second-order valence-electron chi connectivity index (χ2n) is 28.4. The molecular formula is C56H56O20Si8. The summed E-state index contributed by atoms with van der Waals surface area (Å²) in [5.74, 6) is -15.2. The van der Waals surface area contributed by atoms with Gasteiger partial charge in [-0.05, 0) is 144 Å². The fraction of sp³-hybridized carbons (Fsp3) is 0.571. The van der Waals surface area contributed by atoms with Crippen LogP contribution < -0.4 is 0 Å². The third-order valence-electron chi connectivity index (χ3n) is 23.8. The lowest BCUT2D eigenvalue weighted by Crippen LogP contribution is -2.90. The van der Waals surface area contributed by atoms with Crippen molar-refractivity contribution in [2.75, 3.05) is 0 Å². The van der Waals surface area contributed by atoms with Crippen LogP contribution in [0.3, 0.4) is 0 Å². The van der Waals surface area contributed by atoms with Gasteiger partial charge in [0.25, 0.3) is 0 Å². The second kappa shape index (κ2) is 15.7. The number of carbonyl (C=O) groups excluding carboxylic acids is 8. The quantitative estimate of drug-likeness (QED) is 0.306. The van der Waals surface area contributed by atoms with Crippen molar-refractivity contribution in [2.24, 2.45) is 94.7 Å². The molecule has 0 aromatic heterocycles. The molecule has 20 nitrogen and oxygen atoms in total. The predicted molar refractivity (Wildman–Crippen MR) is 293 cm³/mol. The molecule has 0 aromatic carbocycles. The molecular weight excluding hydrogens is 1220 g/mol. The molecule has 24 aliphatic rings. The lowest BCUT2D eigenvalue weighted by molar-refractivity contribution is -0.132. The molecule has 0 radical (unpaired) electrons. The number of fused-ring (bicyclic) bond motifs is 12. The van der Waals surface area contributed by atoms with E-state index < -0.39 is 165 Å². The molecule has 24 atom stereocenters. The molecule has 0 aromatic rings. The molecule has 0 N–H and O–H groups in total. The van der Waals surface area contributed by atoms with Gasteiger partial charge in [0.1, 0.15) is 46.3 Å². The SMILES string of the molecule is O=C1C2C=C3CC(C2)C(=O)C2C=C4CC(C2)C(=O)C2C=C5CC(C2)C(=O)C2C=C6CC(C2)C(=O)C2CC7=CC(C2)C(=O)C2C=C8CC(C2)C(=O)C2CC9=CC(C2)C(=O)C2CC(=CC1C2)[Si]12O[Si]3%10O[Si]53O[Si]4(O1)O[Si]71O[Si]8(O2)O[Si]9(O%10)O[Si]6(O3)O1. The number of hydrogen-bond donors (Lipinski definition) is 0. The summed E-state index contributed by atoms with van der Waals surface area (Å²) < 4.78 is 101. The summed E-state index contributed by atoms with van der Waals surface area (Å²) in [6.07, 6.45) is 16.0. The molecule has 8 saturated heterocycles. The van der Waals surface area contributed by atoms with E-state index in [1.54, 1.807) is 0 Å². The molecule has 0 amide bonds. The van der Waals surface area contributed by atoms with E-state index >= 15 is 38.4 Å². The van der Waals surface area contributed by atoms with Gasteiger partial charge < -0.3 is 49.4 Å². The van der Waals surface area contributed by atoms with Crippen LogP contribution in [-0.2, 0) is 87.7 Å². The minimum absolute atomic E-state index is 0.00147. The minimum atomic E-state index is -5.35. The fourth-order valence-electron chi connectivity index (χ4n) is 20.0. The van der Waals surface area contributed by atoms with Crippen molar-refractivity contribution >= 4 is 117 Å². The Morgan fingerprint density at radius 3 is 0.488 bits per heavy atom. The van der Waals surface area contributed by atoms with E-state index in [4.69, 9.17) is 49.4 Å². The van der Waals surface area contributed by atoms with Gasteiger partial charge in [-0.25, -0.2) is 0 Å². The lowest BCUT2D eigenvalue weighted by Gasteiger charge is -2.66. The molecule has 8 fully saturated rings. The summed E-state index contributed by atoms with van der Waals surface area (Å²) in [5, 5.41) is 2.97. The molecule has 24 rings (SSSR count). The minimum Gasteiger partial charge on any atom is -0.366 e. The van der Waals surface area contributed by atoms with Crippen LogP contribution in [0.4, 0.5) is 0 Å². The van der Waals surface area contributed by atoms with E-state index in [0.29, 0.717) is 41.6 Å². The van der Waals surface area contributed by atoms with Gasteiger partial charge in [-0.3, -0.25) is 38.4 Å². The number of ketones is 8. The average molecular weight is 1270 g/mol. The summed E-state index contributed by atoms with van der Waals surface area (Å²) in [7, 11) is -42.4. The van der Waals surface area contributed by atoms with E-state index in [1.807, 2.05) is 48.6 Å². The smallest absolute Gasteiger partial charge is 0.366 e. The molecule has 8 aliphatic carbocycles. The standard InChI is InChI=1S/C56H56O20Si8/c57-49-25-1-27-11-41(9-25)77-65-79-43-13-29(49)3-33(17-43)53(61)37-7-39-23-47(21-37)83(69-77)75-80-44-14-30-4-34(18-44)54(62)38-8-40(56(39)64)24-48(22-38)84(74-79,76-83)70-78(66-80)42-10-26(50(30)58)2-28(12-42)52(60)32-6-36-20-46(16-32)82(68-78,71-79)73-81(67-77,72-80)45-15-31(51(27)59)5-35(19-45)55(36)63/h9,12,15-18,23-40H,1-8,10-11,13-14,19-22H2. The Morgan fingerprint density at radius 2 is 0.333 bits per heavy atom. The molecule has 28 heteroatoms. The van der Waals surface area contributed by atoms with Gasteiger partial charge in [-0.2, -0.15) is 0 Å². The number of rotatable bonds is 0. The van der Waals surface area contributed by atoms with Gasteiger partial charge in [0.15, 0.2) is 0 Å². The van der Waals surface area contributed by atoms with E-state index in [1.165, 1.54) is 0 Å². The first-order valence-corrected chi connectivity index (χ1v) is 44.6. The monoisotopic (exact) mass is 1270 g/mol. The third kappa shape index (κ3) is 6.17. The highest BCUT2D eigenvalue weighted by Gasteiger charge is 2.89. The van der Waals surface area contributed by atoms with Crippen LogP contribution in [0.5, 0.6) is 0 Å². The Labute approximate surface area is 489 Å². The van der Waals surface area contributed by atoms with Crippen molar-refractivity contribution in [1.82, 2.24) is 0 Å². The highest BCUT2D eigenvalue weighted by Crippen LogP contribution is 2.65. The first-order chi connectivity index (χ1) is 40.3. The van der Waals surface area contributed by atoms with E-state index in [2.05, 4.69) is 0 Å². The van der Waals surface area contributed by atoms with Crippen LogP contribution in [-0.4, -0.2) is 117 Å². The molecule has 8 spiro atoms. The molecule has 16 aliphatic heterocycles. The molecule has 0 saturated carbocycles. The number of Topliss-reactive ketones (excluding diaryl/α,β-unsaturated/α-hetero) is 8. The fourth-order valence-corrected chi connectivity index (χ4v) is 69.8. The van der Waals surface area contributed by atoms with Crippen molar-refractivity contribution in [2.45, 2.75) is 103 Å². The van der Waals surface area contributed by atoms with Crippen molar-refractivity contribution in [3.63, 3.8) is 0 Å². The van der Waals surface area contributed by atoms with Crippen molar-refractivity contribution in [1.29, 1.82) is 0 Å². The summed E-state index contributed by atoms with van der Waals surface area (Å²) in [5.41, 5.74) is 0. The molecule has 24 unspecified atom stereocenters. The first-order valence-electron chi connectivity index (χ1n) is 30.8. The van der Waals surface area contributed by atoms with Crippen molar-refractivity contribution < 1.29 is 87.7 Å². The average Bonchev–Trinajstić information content (AvgIpc) is 0.677. The Kier molecular flexibility index (Phi) is 9.45. The zero-order valence-corrected chi connectivity index (χ0v) is 53.3. The number of allylic oxidation sites excluding steroid dienone is 16. The Morgan fingerprint density at radius 1 is 0.202 bits per heavy atom. The summed E-state index contributed by atoms with van der Waals surface area (Å²) in [6.45, 7) is 0. The van der Waals surface area contributed by atoms with Crippen LogP contribution in [0.2, 0.25) is 0 Å². The third-order valence-corrected chi connectivity index (χ3v) is 58.8. The Balaban J connectivity index is 1.01. The topological polar surface area (TPSA) is 247 Å².